The number of carbonyl (C=O) groups is 1. The molecule has 0 radical (unpaired) electrons. The van der Waals surface area contributed by atoms with Crippen molar-refractivity contribution in [2.24, 2.45) is 0 Å². The van der Waals surface area contributed by atoms with E-state index >= 15 is 0 Å². The van der Waals surface area contributed by atoms with Gasteiger partial charge in [0.25, 0.3) is 0 Å². The van der Waals surface area contributed by atoms with Gasteiger partial charge in [0.2, 0.25) is 0 Å². The van der Waals surface area contributed by atoms with Gasteiger partial charge in [-0.1, -0.05) is 66.7 Å². The molecular weight excluding hydrogens is 356 g/mol. The summed E-state index contributed by atoms with van der Waals surface area (Å²) in [6.07, 6.45) is 3.30. The zero-order valence-corrected chi connectivity index (χ0v) is 15.7. The predicted octanol–water partition coefficient (Wildman–Crippen LogP) is 4.63. The molecule has 0 heterocycles. The number of carbonyl (C=O) groups excluding carboxylic acids is 1. The minimum Gasteiger partial charge on any atom is -0.612 e. The van der Waals surface area contributed by atoms with E-state index in [1.165, 1.54) is 0 Å². The van der Waals surface area contributed by atoms with E-state index in [1.54, 1.807) is 36.7 Å². The van der Waals surface area contributed by atoms with Crippen LogP contribution in [0.3, 0.4) is 0 Å². The van der Waals surface area contributed by atoms with Gasteiger partial charge in [-0.15, -0.1) is 0 Å². The number of amides is 2. The van der Waals surface area contributed by atoms with Gasteiger partial charge < -0.3 is 15.2 Å². The van der Waals surface area contributed by atoms with Crippen molar-refractivity contribution >= 4 is 28.5 Å². The number of anilines is 1. The van der Waals surface area contributed by atoms with E-state index in [2.05, 4.69) is 10.6 Å². The lowest BCUT2D eigenvalue weighted by molar-refractivity contribution is 0.255. The van der Waals surface area contributed by atoms with Gasteiger partial charge >= 0.3 is 6.03 Å². The third-order valence-corrected chi connectivity index (χ3v) is 4.86. The first-order valence-electron chi connectivity index (χ1n) is 8.45. The molecule has 0 bridgehead atoms. The van der Waals surface area contributed by atoms with Crippen LogP contribution in [0.4, 0.5) is 10.5 Å². The highest BCUT2D eigenvalue weighted by Gasteiger charge is 2.08. The van der Waals surface area contributed by atoms with Crippen LogP contribution >= 0.6 is 0 Å². The maximum atomic E-state index is 12.3. The summed E-state index contributed by atoms with van der Waals surface area (Å²) >= 11 is -1.10. The average Bonchev–Trinajstić information content (AvgIpc) is 2.70. The van der Waals surface area contributed by atoms with Gasteiger partial charge in [-0.2, -0.15) is 0 Å². The van der Waals surface area contributed by atoms with Gasteiger partial charge in [0.15, 0.2) is 4.90 Å². The second-order valence-electron chi connectivity index (χ2n) is 5.87. The highest BCUT2D eigenvalue weighted by molar-refractivity contribution is 7.90. The van der Waals surface area contributed by atoms with Crippen molar-refractivity contribution in [3.05, 3.63) is 102 Å². The molecule has 0 aromatic heterocycles. The van der Waals surface area contributed by atoms with E-state index in [1.807, 2.05) is 60.7 Å². The molecule has 0 aliphatic carbocycles. The summed E-state index contributed by atoms with van der Waals surface area (Å²) in [4.78, 5) is 13.0. The molecular formula is C22H20N2O2S. The largest absolute Gasteiger partial charge is 0.612 e. The number of urea groups is 1. The molecule has 0 saturated carbocycles. The van der Waals surface area contributed by atoms with Crippen molar-refractivity contribution in [1.82, 2.24) is 5.32 Å². The van der Waals surface area contributed by atoms with E-state index in [-0.39, 0.29) is 6.03 Å². The van der Waals surface area contributed by atoms with Crippen molar-refractivity contribution in [2.45, 2.75) is 4.90 Å². The normalized spacial score (nSPS) is 11.3. The van der Waals surface area contributed by atoms with Crippen LogP contribution in [0, 0.1) is 0 Å². The molecule has 0 aliphatic rings. The van der Waals surface area contributed by atoms with Crippen LogP contribution in [-0.4, -0.2) is 16.8 Å². The smallest absolute Gasteiger partial charge is 0.323 e. The summed E-state index contributed by atoms with van der Waals surface area (Å²) in [7, 11) is 0. The maximum absolute atomic E-state index is 12.3. The summed E-state index contributed by atoms with van der Waals surface area (Å²) in [5, 5.41) is 5.56. The standard InChI is InChI=1S/C22H20N2O2S/c1-27(26)20-14-8-13-19(15-20)24-22(25)23-16-21(17-9-4-2-5-10-17)18-11-6-3-7-12-18/h2-16H,1H3,(H2,23,24,25). The Balaban J connectivity index is 1.78. The molecule has 2 N–H and O–H groups in total. The van der Waals surface area contributed by atoms with Gasteiger partial charge in [0, 0.05) is 23.5 Å². The zero-order chi connectivity index (χ0) is 19.1. The SMILES string of the molecule is C[S+]([O-])c1cccc(NC(=O)NC=C(c2ccccc2)c2ccccc2)c1. The topological polar surface area (TPSA) is 64.2 Å². The molecule has 0 spiro atoms. The number of nitrogens with one attached hydrogen (secondary N) is 2. The van der Waals surface area contributed by atoms with Crippen LogP contribution in [0.2, 0.25) is 0 Å². The van der Waals surface area contributed by atoms with Gasteiger partial charge in [-0.3, -0.25) is 0 Å². The van der Waals surface area contributed by atoms with Gasteiger partial charge in [0.1, 0.15) is 6.26 Å². The van der Waals surface area contributed by atoms with Crippen LogP contribution < -0.4 is 10.6 Å². The molecule has 27 heavy (non-hydrogen) atoms. The third-order valence-electron chi connectivity index (χ3n) is 3.94. The Morgan fingerprint density at radius 2 is 1.48 bits per heavy atom. The fraction of sp³-hybridized carbons (Fsp3) is 0.0455. The quantitative estimate of drug-likeness (QED) is 0.638. The highest BCUT2D eigenvalue weighted by atomic mass is 32.2. The number of benzene rings is 3. The first-order chi connectivity index (χ1) is 13.1. The van der Waals surface area contributed by atoms with Crippen LogP contribution in [0.5, 0.6) is 0 Å². The Morgan fingerprint density at radius 1 is 0.889 bits per heavy atom. The van der Waals surface area contributed by atoms with Crippen molar-refractivity contribution in [1.29, 1.82) is 0 Å². The molecule has 5 heteroatoms. The molecule has 3 aromatic carbocycles. The molecule has 3 aromatic rings. The van der Waals surface area contributed by atoms with Crippen molar-refractivity contribution in [3.63, 3.8) is 0 Å². The molecule has 3 rings (SSSR count). The maximum Gasteiger partial charge on any atom is 0.323 e. The summed E-state index contributed by atoms with van der Waals surface area (Å²) in [5.41, 5.74) is 3.52. The lowest BCUT2D eigenvalue weighted by Crippen LogP contribution is -2.24. The average molecular weight is 376 g/mol. The van der Waals surface area contributed by atoms with Gasteiger partial charge in [-0.25, -0.2) is 4.79 Å². The molecule has 136 valence electrons. The molecule has 4 nitrogen and oxygen atoms in total. The zero-order valence-electron chi connectivity index (χ0n) is 14.9. The first-order valence-corrected chi connectivity index (χ1v) is 10.0. The molecule has 2 amide bonds. The number of rotatable bonds is 5. The summed E-state index contributed by atoms with van der Waals surface area (Å²) in [5.74, 6) is 0. The summed E-state index contributed by atoms with van der Waals surface area (Å²) < 4.78 is 11.6. The van der Waals surface area contributed by atoms with E-state index in [4.69, 9.17) is 0 Å². The second kappa shape index (κ2) is 9.07. The monoisotopic (exact) mass is 376 g/mol. The predicted molar refractivity (Wildman–Crippen MR) is 111 cm³/mol. The summed E-state index contributed by atoms with van der Waals surface area (Å²) in [6.45, 7) is 0. The third kappa shape index (κ3) is 5.23. The van der Waals surface area contributed by atoms with E-state index in [0.717, 1.165) is 16.7 Å². The molecule has 1 atom stereocenters. The lowest BCUT2D eigenvalue weighted by Gasteiger charge is -2.11. The Labute approximate surface area is 162 Å². The highest BCUT2D eigenvalue weighted by Crippen LogP contribution is 2.22. The molecule has 0 fully saturated rings. The van der Waals surface area contributed by atoms with Crippen LogP contribution in [0.25, 0.3) is 5.57 Å². The van der Waals surface area contributed by atoms with Crippen molar-refractivity contribution in [3.8, 4) is 0 Å². The Bertz CT molecular complexity index is 884. The lowest BCUT2D eigenvalue weighted by atomic mass is 9.99. The molecule has 0 aliphatic heterocycles. The Kier molecular flexibility index (Phi) is 6.30. The van der Waals surface area contributed by atoms with E-state index in [0.29, 0.717) is 10.6 Å². The van der Waals surface area contributed by atoms with Crippen molar-refractivity contribution in [2.75, 3.05) is 11.6 Å². The Hall–Kier alpha value is -3.02. The van der Waals surface area contributed by atoms with Crippen LogP contribution in [0.15, 0.2) is 96.0 Å². The number of hydrogen-bond acceptors (Lipinski definition) is 2. The minimum absolute atomic E-state index is 0.363. The van der Waals surface area contributed by atoms with Gasteiger partial charge in [-0.05, 0) is 34.4 Å². The Morgan fingerprint density at radius 3 is 2.04 bits per heavy atom. The molecule has 0 saturated heterocycles. The van der Waals surface area contributed by atoms with Crippen LogP contribution in [0.1, 0.15) is 11.1 Å². The fourth-order valence-corrected chi connectivity index (χ4v) is 3.19. The first kappa shape index (κ1) is 18.8. The number of hydrogen-bond donors (Lipinski definition) is 2. The second-order valence-corrected chi connectivity index (χ2v) is 7.25. The van der Waals surface area contributed by atoms with Crippen molar-refractivity contribution < 1.29 is 9.35 Å². The minimum atomic E-state index is -1.10. The fourth-order valence-electron chi connectivity index (χ4n) is 2.63. The van der Waals surface area contributed by atoms with E-state index in [9.17, 15) is 9.35 Å². The summed E-state index contributed by atoms with van der Waals surface area (Å²) in [6, 6.07) is 26.4. The molecule has 1 unspecified atom stereocenters. The van der Waals surface area contributed by atoms with E-state index < -0.39 is 11.2 Å². The van der Waals surface area contributed by atoms with Gasteiger partial charge in [0.05, 0.1) is 0 Å². The van der Waals surface area contributed by atoms with Crippen LogP contribution in [-0.2, 0) is 11.2 Å².